The number of ether oxygens (including phenoxy) is 1. The van der Waals surface area contributed by atoms with E-state index in [1.54, 1.807) is 36.5 Å². The highest BCUT2D eigenvalue weighted by Gasteiger charge is 2.22. The van der Waals surface area contributed by atoms with Crippen LogP contribution in [0.3, 0.4) is 0 Å². The lowest BCUT2D eigenvalue weighted by Gasteiger charge is -2.22. The number of nitrogens with one attached hydrogen (secondary N) is 2. The molecule has 9 nitrogen and oxygen atoms in total. The second-order valence-electron chi connectivity index (χ2n) is 8.48. The average Bonchev–Trinajstić information content (AvgIpc) is 3.25. The van der Waals surface area contributed by atoms with E-state index in [-0.39, 0.29) is 17.9 Å². The Morgan fingerprint density at radius 1 is 1.06 bits per heavy atom. The van der Waals surface area contributed by atoms with Gasteiger partial charge in [-0.2, -0.15) is 0 Å². The standard InChI is InChI=1S/C27H22N2O7/c1-14(35-17-7-8-19-18-4-2-3-5-20(18)27(34)36-24(19)12-17)25(31)29-23(26(32)33)10-15-13-28-22-9-6-16(30)11-21(15)22/h2-9,11-14,23,28,30H,10H2,1H3,(H,29,31)(H,32,33)/p-1/t14-,23+/m0/s1. The highest BCUT2D eigenvalue weighted by atomic mass is 16.5. The lowest BCUT2D eigenvalue weighted by molar-refractivity contribution is -0.308. The molecule has 2 atom stereocenters. The number of carbonyl (C=O) groups is 2. The minimum absolute atomic E-state index is 0.0404. The first-order valence-corrected chi connectivity index (χ1v) is 11.2. The fraction of sp³-hybridized carbons (Fsp3) is 0.148. The van der Waals surface area contributed by atoms with Crippen LogP contribution < -0.4 is 20.8 Å². The van der Waals surface area contributed by atoms with Gasteiger partial charge in [0, 0.05) is 35.0 Å². The van der Waals surface area contributed by atoms with Crippen molar-refractivity contribution in [2.24, 2.45) is 0 Å². The fourth-order valence-electron chi connectivity index (χ4n) is 4.23. The summed E-state index contributed by atoms with van der Waals surface area (Å²) in [5.74, 6) is -1.80. The highest BCUT2D eigenvalue weighted by Crippen LogP contribution is 2.27. The maximum Gasteiger partial charge on any atom is 0.344 e. The van der Waals surface area contributed by atoms with Crippen molar-refractivity contribution >= 4 is 44.5 Å². The molecule has 0 fully saturated rings. The Balaban J connectivity index is 1.32. The first kappa shape index (κ1) is 23.0. The molecule has 0 aliphatic carbocycles. The van der Waals surface area contributed by atoms with Gasteiger partial charge in [0.05, 0.1) is 17.4 Å². The molecule has 0 unspecified atom stereocenters. The number of benzene rings is 3. The largest absolute Gasteiger partial charge is 0.548 e. The van der Waals surface area contributed by atoms with Crippen molar-refractivity contribution in [3.63, 3.8) is 0 Å². The van der Waals surface area contributed by atoms with Crippen LogP contribution in [0.5, 0.6) is 11.5 Å². The Morgan fingerprint density at radius 3 is 2.61 bits per heavy atom. The highest BCUT2D eigenvalue weighted by molar-refractivity contribution is 6.04. The molecule has 2 heterocycles. The van der Waals surface area contributed by atoms with E-state index < -0.39 is 29.6 Å². The molecular weight excluding hydrogens is 464 g/mol. The van der Waals surface area contributed by atoms with Gasteiger partial charge in [0.15, 0.2) is 6.10 Å². The minimum Gasteiger partial charge on any atom is -0.548 e. The third kappa shape index (κ3) is 4.34. The smallest absolute Gasteiger partial charge is 0.344 e. The van der Waals surface area contributed by atoms with E-state index in [2.05, 4.69) is 10.3 Å². The number of amides is 1. The summed E-state index contributed by atoms with van der Waals surface area (Å²) in [5, 5.41) is 26.5. The lowest BCUT2D eigenvalue weighted by Crippen LogP contribution is -2.52. The Morgan fingerprint density at radius 2 is 1.83 bits per heavy atom. The summed E-state index contributed by atoms with van der Waals surface area (Å²) in [6, 6.07) is 15.4. The van der Waals surface area contributed by atoms with Gasteiger partial charge in [0.25, 0.3) is 5.91 Å². The van der Waals surface area contributed by atoms with Gasteiger partial charge in [0.1, 0.15) is 17.1 Å². The van der Waals surface area contributed by atoms with Gasteiger partial charge in [-0.1, -0.05) is 18.2 Å². The number of fused-ring (bicyclic) bond motifs is 4. The van der Waals surface area contributed by atoms with Crippen molar-refractivity contribution in [2.45, 2.75) is 25.5 Å². The molecule has 0 saturated carbocycles. The molecular formula is C27H21N2O7-. The van der Waals surface area contributed by atoms with E-state index in [1.807, 2.05) is 12.1 Å². The maximum absolute atomic E-state index is 12.8. The van der Waals surface area contributed by atoms with Crippen LogP contribution in [-0.4, -0.2) is 34.1 Å². The molecule has 3 N–H and O–H groups in total. The number of aromatic nitrogens is 1. The number of aliphatic carboxylic acids is 1. The number of carbonyl (C=O) groups excluding carboxylic acids is 2. The summed E-state index contributed by atoms with van der Waals surface area (Å²) in [4.78, 5) is 39.8. The van der Waals surface area contributed by atoms with E-state index >= 15 is 0 Å². The van der Waals surface area contributed by atoms with Crippen molar-refractivity contribution in [2.75, 3.05) is 0 Å². The molecule has 0 bridgehead atoms. The fourth-order valence-corrected chi connectivity index (χ4v) is 4.23. The summed E-state index contributed by atoms with van der Waals surface area (Å²) in [6.45, 7) is 1.48. The Labute approximate surface area is 203 Å². The van der Waals surface area contributed by atoms with E-state index in [0.717, 1.165) is 16.3 Å². The number of phenolic OH excluding ortho intramolecular Hbond substituents is 1. The Bertz CT molecular complexity index is 1680. The van der Waals surface area contributed by atoms with Gasteiger partial charge in [0.2, 0.25) is 0 Å². The predicted molar refractivity (Wildman–Crippen MR) is 131 cm³/mol. The minimum atomic E-state index is -1.45. The molecule has 3 aromatic carbocycles. The van der Waals surface area contributed by atoms with Gasteiger partial charge < -0.3 is 34.5 Å². The second-order valence-corrected chi connectivity index (χ2v) is 8.48. The van der Waals surface area contributed by atoms with E-state index in [0.29, 0.717) is 21.9 Å². The number of carboxylic acids is 1. The molecule has 0 saturated heterocycles. The van der Waals surface area contributed by atoms with Crippen molar-refractivity contribution in [3.05, 3.63) is 82.8 Å². The van der Waals surface area contributed by atoms with Gasteiger partial charge in [-0.05, 0) is 54.3 Å². The number of H-pyrrole nitrogens is 1. The number of carboxylic acid groups (broad SMARTS) is 1. The van der Waals surface area contributed by atoms with Crippen LogP contribution in [-0.2, 0) is 16.0 Å². The number of hydrogen-bond donors (Lipinski definition) is 3. The summed E-state index contributed by atoms with van der Waals surface area (Å²) < 4.78 is 11.1. The zero-order valence-corrected chi connectivity index (χ0v) is 19.1. The zero-order chi connectivity index (χ0) is 25.4. The summed E-state index contributed by atoms with van der Waals surface area (Å²) in [5.41, 5.74) is 1.14. The van der Waals surface area contributed by atoms with Crippen molar-refractivity contribution in [1.82, 2.24) is 10.3 Å². The van der Waals surface area contributed by atoms with Crippen LogP contribution in [0.15, 0.2) is 76.1 Å². The van der Waals surface area contributed by atoms with Gasteiger partial charge >= 0.3 is 5.63 Å². The molecule has 1 amide bonds. The van der Waals surface area contributed by atoms with Crippen LogP contribution >= 0.6 is 0 Å². The number of phenols is 1. The van der Waals surface area contributed by atoms with Gasteiger partial charge in [-0.3, -0.25) is 4.79 Å². The van der Waals surface area contributed by atoms with Gasteiger partial charge in [-0.25, -0.2) is 4.79 Å². The normalized spacial score (nSPS) is 13.0. The molecule has 0 spiro atoms. The third-order valence-corrected chi connectivity index (χ3v) is 6.05. The SMILES string of the molecule is C[C@H](Oc1ccc2c(c1)oc(=O)c1ccccc12)C(=O)N[C@H](Cc1c[nH]c2ccc(O)cc12)C(=O)[O-]. The number of aromatic amines is 1. The molecule has 36 heavy (non-hydrogen) atoms. The van der Waals surface area contributed by atoms with E-state index in [9.17, 15) is 24.6 Å². The molecule has 0 aliphatic heterocycles. The number of aromatic hydroxyl groups is 1. The van der Waals surface area contributed by atoms with E-state index in [4.69, 9.17) is 9.15 Å². The topological polar surface area (TPSA) is 145 Å². The third-order valence-electron chi connectivity index (χ3n) is 6.05. The zero-order valence-electron chi connectivity index (χ0n) is 19.1. The summed E-state index contributed by atoms with van der Waals surface area (Å²) in [7, 11) is 0. The Kier molecular flexibility index (Phi) is 5.81. The quantitative estimate of drug-likeness (QED) is 0.237. The summed E-state index contributed by atoms with van der Waals surface area (Å²) in [6.07, 6.45) is 0.514. The molecule has 2 aromatic heterocycles. The summed E-state index contributed by atoms with van der Waals surface area (Å²) >= 11 is 0. The molecule has 5 rings (SSSR count). The average molecular weight is 485 g/mol. The lowest BCUT2D eigenvalue weighted by atomic mass is 10.0. The van der Waals surface area contributed by atoms with Crippen molar-refractivity contribution < 1.29 is 29.0 Å². The molecule has 0 radical (unpaired) electrons. The molecule has 0 aliphatic rings. The molecule has 182 valence electrons. The van der Waals surface area contributed by atoms with Crippen LogP contribution in [0.4, 0.5) is 0 Å². The van der Waals surface area contributed by atoms with E-state index in [1.165, 1.54) is 25.1 Å². The van der Waals surface area contributed by atoms with Gasteiger partial charge in [-0.15, -0.1) is 0 Å². The van der Waals surface area contributed by atoms with Crippen LogP contribution in [0.25, 0.3) is 32.6 Å². The molecule has 9 heteroatoms. The van der Waals surface area contributed by atoms with Crippen molar-refractivity contribution in [3.8, 4) is 11.5 Å². The second kappa shape index (κ2) is 9.10. The first-order valence-electron chi connectivity index (χ1n) is 11.2. The number of rotatable bonds is 7. The Hall–Kier alpha value is -4.79. The monoisotopic (exact) mass is 485 g/mol. The maximum atomic E-state index is 12.8. The number of hydrogen-bond acceptors (Lipinski definition) is 7. The molecule has 5 aromatic rings. The first-order chi connectivity index (χ1) is 17.3. The van der Waals surface area contributed by atoms with Crippen LogP contribution in [0.1, 0.15) is 12.5 Å². The van der Waals surface area contributed by atoms with Crippen LogP contribution in [0.2, 0.25) is 0 Å². The van der Waals surface area contributed by atoms with Crippen LogP contribution in [0, 0.1) is 0 Å². The van der Waals surface area contributed by atoms with Crippen molar-refractivity contribution in [1.29, 1.82) is 0 Å². The predicted octanol–water partition coefficient (Wildman–Crippen LogP) is 2.38.